The summed E-state index contributed by atoms with van der Waals surface area (Å²) in [5.74, 6) is -2.46. The van der Waals surface area contributed by atoms with Crippen molar-refractivity contribution < 1.29 is 22.7 Å². The summed E-state index contributed by atoms with van der Waals surface area (Å²) in [6.45, 7) is 1.10. The van der Waals surface area contributed by atoms with Gasteiger partial charge in [-0.1, -0.05) is 25.1 Å². The molecule has 0 bridgehead atoms. The highest BCUT2D eigenvalue weighted by atomic mass is 32.2. The van der Waals surface area contributed by atoms with Crippen molar-refractivity contribution in [2.75, 3.05) is 18.1 Å². The maximum atomic E-state index is 13.9. The van der Waals surface area contributed by atoms with E-state index >= 15 is 0 Å². The Morgan fingerprint density at radius 2 is 2.00 bits per heavy atom. The van der Waals surface area contributed by atoms with Gasteiger partial charge in [-0.25, -0.2) is 12.8 Å². The fourth-order valence-electron chi connectivity index (χ4n) is 1.98. The van der Waals surface area contributed by atoms with Gasteiger partial charge in [0.05, 0.1) is 5.75 Å². The fourth-order valence-corrected chi connectivity index (χ4v) is 2.93. The first-order chi connectivity index (χ1) is 9.29. The van der Waals surface area contributed by atoms with E-state index in [1.54, 1.807) is 0 Å². The third kappa shape index (κ3) is 3.34. The molecule has 20 heavy (non-hydrogen) atoms. The molecule has 1 rings (SSSR count). The molecule has 1 unspecified atom stereocenters. The Kier molecular flexibility index (Phi) is 5.24. The molecule has 1 atom stereocenters. The van der Waals surface area contributed by atoms with Crippen LogP contribution in [0.2, 0.25) is 0 Å². The number of carboxylic acids is 1. The molecule has 0 fully saturated rings. The van der Waals surface area contributed by atoms with Gasteiger partial charge in [0.2, 0.25) is 0 Å². The second-order valence-corrected chi connectivity index (χ2v) is 7.03. The quantitative estimate of drug-likeness (QED) is 0.781. The Hall–Kier alpha value is -1.47. The molecule has 0 aliphatic rings. The SMILES string of the molecule is CCS(=O)(=O)CCC(CN)(C(=O)O)c1ccccc1F. The average Bonchev–Trinajstić information content (AvgIpc) is 2.41. The van der Waals surface area contributed by atoms with E-state index in [1.807, 2.05) is 0 Å². The van der Waals surface area contributed by atoms with Crippen molar-refractivity contribution in [1.82, 2.24) is 0 Å². The number of hydrogen-bond acceptors (Lipinski definition) is 4. The number of aliphatic carboxylic acids is 1. The predicted molar refractivity (Wildman–Crippen MR) is 73.7 cm³/mol. The second-order valence-electron chi connectivity index (χ2n) is 4.56. The van der Waals surface area contributed by atoms with Crippen LogP contribution < -0.4 is 5.73 Å². The van der Waals surface area contributed by atoms with Gasteiger partial charge >= 0.3 is 5.97 Å². The minimum Gasteiger partial charge on any atom is -0.481 e. The highest BCUT2D eigenvalue weighted by Crippen LogP contribution is 2.30. The summed E-state index contributed by atoms with van der Waals surface area (Å²) in [4.78, 5) is 11.6. The molecule has 0 amide bonds. The molecule has 0 radical (unpaired) electrons. The Morgan fingerprint density at radius 1 is 1.40 bits per heavy atom. The molecule has 0 aromatic heterocycles. The number of sulfone groups is 1. The molecule has 0 spiro atoms. The Labute approximate surface area is 117 Å². The summed E-state index contributed by atoms with van der Waals surface area (Å²) < 4.78 is 37.0. The summed E-state index contributed by atoms with van der Waals surface area (Å²) in [7, 11) is -3.36. The smallest absolute Gasteiger partial charge is 0.315 e. The number of hydrogen-bond donors (Lipinski definition) is 2. The molecule has 0 aliphatic heterocycles. The number of benzene rings is 1. The first-order valence-corrected chi connectivity index (χ1v) is 8.00. The number of nitrogens with two attached hydrogens (primary N) is 1. The molecule has 7 heteroatoms. The van der Waals surface area contributed by atoms with Crippen LogP contribution in [-0.2, 0) is 20.0 Å². The summed E-state index contributed by atoms with van der Waals surface area (Å²) in [6, 6.07) is 5.40. The van der Waals surface area contributed by atoms with E-state index < -0.39 is 27.0 Å². The maximum absolute atomic E-state index is 13.9. The van der Waals surface area contributed by atoms with Gasteiger partial charge in [0.15, 0.2) is 0 Å². The first kappa shape index (κ1) is 16.6. The van der Waals surface area contributed by atoms with E-state index in [-0.39, 0.29) is 30.0 Å². The van der Waals surface area contributed by atoms with E-state index in [4.69, 9.17) is 5.73 Å². The van der Waals surface area contributed by atoms with Crippen LogP contribution in [0.5, 0.6) is 0 Å². The molecule has 0 heterocycles. The van der Waals surface area contributed by atoms with Gasteiger partial charge in [-0.05, 0) is 12.5 Å². The van der Waals surface area contributed by atoms with Crippen molar-refractivity contribution >= 4 is 15.8 Å². The van der Waals surface area contributed by atoms with Crippen LogP contribution in [0, 0.1) is 5.82 Å². The van der Waals surface area contributed by atoms with Crippen LogP contribution in [0.1, 0.15) is 18.9 Å². The van der Waals surface area contributed by atoms with Gasteiger partial charge in [0, 0.05) is 17.9 Å². The Bertz CT molecular complexity index is 588. The Balaban J connectivity index is 3.24. The lowest BCUT2D eigenvalue weighted by atomic mass is 9.78. The number of rotatable bonds is 7. The fraction of sp³-hybridized carbons (Fsp3) is 0.462. The largest absolute Gasteiger partial charge is 0.481 e. The normalized spacial score (nSPS) is 14.8. The molecule has 5 nitrogen and oxygen atoms in total. The van der Waals surface area contributed by atoms with Crippen LogP contribution in [-0.4, -0.2) is 37.5 Å². The van der Waals surface area contributed by atoms with Gasteiger partial charge in [0.1, 0.15) is 21.1 Å². The number of halogens is 1. The van der Waals surface area contributed by atoms with Crippen LogP contribution >= 0.6 is 0 Å². The summed E-state index contributed by atoms with van der Waals surface area (Å²) in [5, 5.41) is 9.43. The number of carbonyl (C=O) groups is 1. The first-order valence-electron chi connectivity index (χ1n) is 6.18. The van der Waals surface area contributed by atoms with Crippen molar-refractivity contribution in [3.05, 3.63) is 35.6 Å². The van der Waals surface area contributed by atoms with Crippen molar-refractivity contribution in [2.45, 2.75) is 18.8 Å². The predicted octanol–water partition coefficient (Wildman–Crippen LogP) is 0.932. The second kappa shape index (κ2) is 6.32. The third-order valence-corrected chi connectivity index (χ3v) is 5.13. The van der Waals surface area contributed by atoms with Crippen molar-refractivity contribution in [2.24, 2.45) is 5.73 Å². The van der Waals surface area contributed by atoms with Gasteiger partial charge in [-0.2, -0.15) is 0 Å². The summed E-state index contributed by atoms with van der Waals surface area (Å²) in [6.07, 6.45) is -0.254. The van der Waals surface area contributed by atoms with Crippen LogP contribution in [0.15, 0.2) is 24.3 Å². The molecule has 1 aromatic rings. The zero-order valence-electron chi connectivity index (χ0n) is 11.2. The van der Waals surface area contributed by atoms with Crippen molar-refractivity contribution in [3.63, 3.8) is 0 Å². The lowest BCUT2D eigenvalue weighted by Crippen LogP contribution is -2.45. The molecule has 112 valence electrons. The van der Waals surface area contributed by atoms with Crippen molar-refractivity contribution in [3.8, 4) is 0 Å². The van der Waals surface area contributed by atoms with Crippen LogP contribution in [0.4, 0.5) is 4.39 Å². The monoisotopic (exact) mass is 303 g/mol. The standard InChI is InChI=1S/C13H18FNO4S/c1-2-20(18,19)8-7-13(9-15,12(16)17)10-5-3-4-6-11(10)14/h3-6H,2,7-9,15H2,1H3,(H,16,17). The van der Waals surface area contributed by atoms with Gasteiger partial charge in [-0.15, -0.1) is 0 Å². The van der Waals surface area contributed by atoms with Gasteiger partial charge in [0.25, 0.3) is 0 Å². The topological polar surface area (TPSA) is 97.5 Å². The zero-order chi connectivity index (χ0) is 15.4. The molecule has 0 aliphatic carbocycles. The zero-order valence-corrected chi connectivity index (χ0v) is 12.0. The molecular formula is C13H18FNO4S. The third-order valence-electron chi connectivity index (χ3n) is 3.43. The molecule has 3 N–H and O–H groups in total. The summed E-state index contributed by atoms with van der Waals surface area (Å²) >= 11 is 0. The number of carboxylic acid groups (broad SMARTS) is 1. The Morgan fingerprint density at radius 3 is 2.45 bits per heavy atom. The van der Waals surface area contributed by atoms with E-state index in [0.717, 1.165) is 6.07 Å². The lowest BCUT2D eigenvalue weighted by Gasteiger charge is -2.28. The molecule has 1 aromatic carbocycles. The van der Waals surface area contributed by atoms with E-state index in [9.17, 15) is 22.7 Å². The van der Waals surface area contributed by atoms with Gasteiger partial charge in [-0.3, -0.25) is 4.79 Å². The molecular weight excluding hydrogens is 285 g/mol. The van der Waals surface area contributed by atoms with E-state index in [2.05, 4.69) is 0 Å². The van der Waals surface area contributed by atoms with Crippen LogP contribution in [0.25, 0.3) is 0 Å². The molecule has 0 saturated heterocycles. The maximum Gasteiger partial charge on any atom is 0.315 e. The highest BCUT2D eigenvalue weighted by molar-refractivity contribution is 7.91. The molecule has 0 saturated carbocycles. The minimum atomic E-state index is -3.36. The van der Waals surface area contributed by atoms with E-state index in [0.29, 0.717) is 0 Å². The highest BCUT2D eigenvalue weighted by Gasteiger charge is 2.41. The minimum absolute atomic E-state index is 0.0821. The van der Waals surface area contributed by atoms with Crippen molar-refractivity contribution in [1.29, 1.82) is 0 Å². The average molecular weight is 303 g/mol. The summed E-state index contributed by atoms with van der Waals surface area (Å²) in [5.41, 5.74) is 3.73. The van der Waals surface area contributed by atoms with E-state index in [1.165, 1.54) is 25.1 Å². The lowest BCUT2D eigenvalue weighted by molar-refractivity contribution is -0.143. The van der Waals surface area contributed by atoms with Gasteiger partial charge < -0.3 is 10.8 Å². The van der Waals surface area contributed by atoms with Crippen LogP contribution in [0.3, 0.4) is 0 Å².